The van der Waals surface area contributed by atoms with Crippen LogP contribution in [0.5, 0.6) is 0 Å². The molecule has 2 N–H and O–H groups in total. The van der Waals surface area contributed by atoms with Gasteiger partial charge in [-0.15, -0.1) is 24.0 Å². The van der Waals surface area contributed by atoms with Crippen LogP contribution in [-0.4, -0.2) is 51.6 Å². The topological polar surface area (TPSA) is 86.9 Å². The number of aliphatic imine (C=N–C) groups is 1. The number of halogens is 1. The fraction of sp³-hybridized carbons (Fsp3) is 0.526. The second-order valence-corrected chi connectivity index (χ2v) is 9.09. The zero-order valence-electron chi connectivity index (χ0n) is 16.5. The summed E-state index contributed by atoms with van der Waals surface area (Å²) in [7, 11) is -1.33. The van der Waals surface area contributed by atoms with E-state index < -0.39 is 10.0 Å². The van der Waals surface area contributed by atoms with Crippen molar-refractivity contribution in [1.29, 1.82) is 0 Å². The maximum absolute atomic E-state index is 11.6. The van der Waals surface area contributed by atoms with Crippen LogP contribution in [0, 0.1) is 5.92 Å². The molecule has 0 bridgehead atoms. The maximum atomic E-state index is 11.6. The summed E-state index contributed by atoms with van der Waals surface area (Å²) in [6.45, 7) is 3.98. The Hall–Kier alpha value is -1.33. The van der Waals surface area contributed by atoms with Gasteiger partial charge in [0.2, 0.25) is 10.0 Å². The number of hydrogen-bond donors (Lipinski definition) is 2. The summed E-state index contributed by atoms with van der Waals surface area (Å²) in [6, 6.07) is 9.97. The molecule has 1 saturated heterocycles. The quantitative estimate of drug-likeness (QED) is 0.360. The van der Waals surface area contributed by atoms with Crippen LogP contribution in [0.15, 0.2) is 39.7 Å². The van der Waals surface area contributed by atoms with E-state index in [4.69, 9.17) is 4.42 Å². The van der Waals surface area contributed by atoms with E-state index in [1.165, 1.54) is 6.26 Å². The fourth-order valence-corrected chi connectivity index (χ4v) is 4.25. The Kier molecular flexibility index (Phi) is 8.14. The summed E-state index contributed by atoms with van der Waals surface area (Å²) in [6.07, 6.45) is 2.99. The summed E-state index contributed by atoms with van der Waals surface area (Å²) in [5, 5.41) is 7.80. The Morgan fingerprint density at radius 3 is 2.61 bits per heavy atom. The third-order valence-corrected chi connectivity index (χ3v) is 6.35. The molecule has 1 unspecified atom stereocenters. The smallest absolute Gasteiger partial charge is 0.211 e. The summed E-state index contributed by atoms with van der Waals surface area (Å²) >= 11 is 0. The third-order valence-electron chi connectivity index (χ3n) is 5.05. The second-order valence-electron chi connectivity index (χ2n) is 7.11. The van der Waals surface area contributed by atoms with Crippen LogP contribution in [0.25, 0.3) is 11.0 Å². The van der Waals surface area contributed by atoms with Crippen LogP contribution >= 0.6 is 24.0 Å². The minimum Gasteiger partial charge on any atom is -0.459 e. The van der Waals surface area contributed by atoms with Gasteiger partial charge >= 0.3 is 0 Å². The minimum atomic E-state index is -3.08. The summed E-state index contributed by atoms with van der Waals surface area (Å²) in [5.74, 6) is 2.01. The highest BCUT2D eigenvalue weighted by Gasteiger charge is 2.25. The molecule has 3 rings (SSSR count). The van der Waals surface area contributed by atoms with E-state index in [1.54, 1.807) is 11.4 Å². The molecule has 1 fully saturated rings. The standard InChI is InChI=1S/C19H28N4O3S.HI/c1-14(18-12-16-6-4-5-7-17(16)26-18)22-19(20-2)21-13-15-8-10-23(11-9-15)27(3,24)25;/h4-7,12,14-15H,8-11,13H2,1-3H3,(H2,20,21,22);1H. The molecule has 1 aliphatic rings. The van der Waals surface area contributed by atoms with Gasteiger partial charge in [-0.1, -0.05) is 18.2 Å². The molecular weight excluding hydrogens is 491 g/mol. The number of piperidine rings is 1. The maximum Gasteiger partial charge on any atom is 0.211 e. The molecule has 0 saturated carbocycles. The number of hydrogen-bond acceptors (Lipinski definition) is 4. The normalized spacial score (nSPS) is 17.9. The molecule has 2 heterocycles. The molecule has 0 amide bonds. The first-order chi connectivity index (χ1) is 12.9. The molecule has 0 aliphatic carbocycles. The molecule has 7 nitrogen and oxygen atoms in total. The number of benzene rings is 1. The summed E-state index contributed by atoms with van der Waals surface area (Å²) < 4.78 is 30.7. The van der Waals surface area contributed by atoms with Crippen molar-refractivity contribution in [2.45, 2.75) is 25.8 Å². The van der Waals surface area contributed by atoms with Gasteiger partial charge in [-0.2, -0.15) is 0 Å². The molecule has 9 heteroatoms. The van der Waals surface area contributed by atoms with Crippen LogP contribution in [0.4, 0.5) is 0 Å². The fourth-order valence-electron chi connectivity index (χ4n) is 3.37. The molecule has 1 atom stereocenters. The number of guanidine groups is 1. The lowest BCUT2D eigenvalue weighted by molar-refractivity contribution is 0.274. The van der Waals surface area contributed by atoms with Crippen molar-refractivity contribution in [1.82, 2.24) is 14.9 Å². The predicted molar refractivity (Wildman–Crippen MR) is 124 cm³/mol. The van der Waals surface area contributed by atoms with Crippen molar-refractivity contribution >= 4 is 50.9 Å². The van der Waals surface area contributed by atoms with E-state index in [-0.39, 0.29) is 30.0 Å². The lowest BCUT2D eigenvalue weighted by Gasteiger charge is -2.30. The van der Waals surface area contributed by atoms with Crippen molar-refractivity contribution in [2.24, 2.45) is 10.9 Å². The first kappa shape index (κ1) is 23.0. The number of para-hydroxylation sites is 1. The molecule has 1 aromatic heterocycles. The molecule has 2 aromatic rings. The molecular formula is C19H29IN4O3S. The van der Waals surface area contributed by atoms with Crippen LogP contribution in [0.2, 0.25) is 0 Å². The Labute approximate surface area is 184 Å². The van der Waals surface area contributed by atoms with Gasteiger partial charge in [-0.05, 0) is 37.8 Å². The van der Waals surface area contributed by atoms with Gasteiger partial charge in [-0.25, -0.2) is 12.7 Å². The first-order valence-corrected chi connectivity index (χ1v) is 11.1. The van der Waals surface area contributed by atoms with E-state index in [1.807, 2.05) is 37.3 Å². The largest absolute Gasteiger partial charge is 0.459 e. The van der Waals surface area contributed by atoms with Crippen molar-refractivity contribution in [3.63, 3.8) is 0 Å². The highest BCUT2D eigenvalue weighted by atomic mass is 127. The predicted octanol–water partition coefficient (Wildman–Crippen LogP) is 2.95. The minimum absolute atomic E-state index is 0. The molecule has 156 valence electrons. The molecule has 0 radical (unpaired) electrons. The lowest BCUT2D eigenvalue weighted by Crippen LogP contribution is -2.44. The van der Waals surface area contributed by atoms with Crippen molar-refractivity contribution in [3.8, 4) is 0 Å². The van der Waals surface area contributed by atoms with Crippen molar-refractivity contribution in [2.75, 3.05) is 32.9 Å². The Morgan fingerprint density at radius 2 is 2.00 bits per heavy atom. The van der Waals surface area contributed by atoms with E-state index in [0.717, 1.165) is 36.1 Å². The Morgan fingerprint density at radius 1 is 1.32 bits per heavy atom. The first-order valence-electron chi connectivity index (χ1n) is 9.27. The van der Waals surface area contributed by atoms with Crippen LogP contribution in [0.1, 0.15) is 31.6 Å². The van der Waals surface area contributed by atoms with Gasteiger partial charge in [0.1, 0.15) is 11.3 Å². The van der Waals surface area contributed by atoms with Crippen molar-refractivity contribution in [3.05, 3.63) is 36.1 Å². The lowest BCUT2D eigenvalue weighted by atomic mass is 9.98. The van der Waals surface area contributed by atoms with Gasteiger partial charge in [0.05, 0.1) is 12.3 Å². The number of fused-ring (bicyclic) bond motifs is 1. The highest BCUT2D eigenvalue weighted by Crippen LogP contribution is 2.23. The molecule has 0 spiro atoms. The van der Waals surface area contributed by atoms with Crippen LogP contribution in [0.3, 0.4) is 0 Å². The van der Waals surface area contributed by atoms with E-state index in [9.17, 15) is 8.42 Å². The summed E-state index contributed by atoms with van der Waals surface area (Å²) in [4.78, 5) is 4.29. The molecule has 1 aromatic carbocycles. The number of sulfonamides is 1. The zero-order valence-corrected chi connectivity index (χ0v) is 19.7. The summed E-state index contributed by atoms with van der Waals surface area (Å²) in [5.41, 5.74) is 0.877. The molecule has 28 heavy (non-hydrogen) atoms. The van der Waals surface area contributed by atoms with E-state index >= 15 is 0 Å². The average molecular weight is 520 g/mol. The van der Waals surface area contributed by atoms with Crippen LogP contribution < -0.4 is 10.6 Å². The van der Waals surface area contributed by atoms with Gasteiger partial charge in [0, 0.05) is 32.1 Å². The number of nitrogens with one attached hydrogen (secondary N) is 2. The van der Waals surface area contributed by atoms with Gasteiger partial charge in [-0.3, -0.25) is 4.99 Å². The Bertz CT molecular complexity index is 872. The number of furan rings is 1. The number of rotatable bonds is 5. The highest BCUT2D eigenvalue weighted by molar-refractivity contribution is 14.0. The molecule has 1 aliphatic heterocycles. The van der Waals surface area contributed by atoms with Crippen LogP contribution in [-0.2, 0) is 10.0 Å². The van der Waals surface area contributed by atoms with Gasteiger partial charge in [0.15, 0.2) is 5.96 Å². The van der Waals surface area contributed by atoms with Crippen molar-refractivity contribution < 1.29 is 12.8 Å². The number of nitrogens with zero attached hydrogens (tertiary/aromatic N) is 2. The third kappa shape index (κ3) is 5.84. The zero-order chi connectivity index (χ0) is 19.4. The Balaban J connectivity index is 0.00000280. The monoisotopic (exact) mass is 520 g/mol. The van der Waals surface area contributed by atoms with Gasteiger partial charge < -0.3 is 15.1 Å². The van der Waals surface area contributed by atoms with E-state index in [2.05, 4.69) is 15.6 Å². The average Bonchev–Trinajstić information content (AvgIpc) is 3.09. The second kappa shape index (κ2) is 9.93. The van der Waals surface area contributed by atoms with Gasteiger partial charge in [0.25, 0.3) is 0 Å². The SMILES string of the molecule is CN=C(NCC1CCN(S(C)(=O)=O)CC1)NC(C)c1cc2ccccc2o1.I. The van der Waals surface area contributed by atoms with E-state index in [0.29, 0.717) is 25.0 Å².